The van der Waals surface area contributed by atoms with E-state index in [0.29, 0.717) is 18.4 Å². The van der Waals surface area contributed by atoms with Crippen molar-refractivity contribution in [1.29, 1.82) is 0 Å². The fraction of sp³-hybridized carbons (Fsp3) is 0.600. The summed E-state index contributed by atoms with van der Waals surface area (Å²) in [6.45, 7) is 9.13. The second kappa shape index (κ2) is 10.2. The quantitative estimate of drug-likeness (QED) is 0.713. The fourth-order valence-corrected chi connectivity index (χ4v) is 2.71. The second-order valence-corrected chi connectivity index (χ2v) is 7.25. The molecule has 0 aromatic heterocycles. The van der Waals surface area contributed by atoms with Crippen LogP contribution in [0.25, 0.3) is 0 Å². The van der Waals surface area contributed by atoms with Crippen molar-refractivity contribution in [2.75, 3.05) is 27.2 Å². The smallest absolute Gasteiger partial charge is 0.275 e. The van der Waals surface area contributed by atoms with Gasteiger partial charge in [0.05, 0.1) is 6.54 Å². The van der Waals surface area contributed by atoms with Crippen LogP contribution in [0.3, 0.4) is 0 Å². The number of amides is 2. The number of hydrogen-bond acceptors (Lipinski definition) is 2. The topological polar surface area (TPSA) is 66.0 Å². The average Bonchev–Trinajstić information content (AvgIpc) is 2.59. The van der Waals surface area contributed by atoms with Gasteiger partial charge in [-0.2, -0.15) is 0 Å². The van der Waals surface area contributed by atoms with Crippen molar-refractivity contribution in [3.05, 3.63) is 35.4 Å². The van der Waals surface area contributed by atoms with E-state index in [1.54, 1.807) is 14.1 Å². The number of carbonyl (C=O) groups excluding carboxylic acids is 2. The minimum Gasteiger partial charge on any atom is -0.347 e. The normalized spacial score (nSPS) is 13.4. The van der Waals surface area contributed by atoms with Crippen LogP contribution in [0.4, 0.5) is 0 Å². The van der Waals surface area contributed by atoms with Crippen LogP contribution in [0.5, 0.6) is 0 Å². The molecule has 5 nitrogen and oxygen atoms in total. The van der Waals surface area contributed by atoms with Gasteiger partial charge in [-0.15, -0.1) is 0 Å². The Kier molecular flexibility index (Phi) is 8.62. The van der Waals surface area contributed by atoms with E-state index in [4.69, 9.17) is 0 Å². The summed E-state index contributed by atoms with van der Waals surface area (Å²) in [5.74, 6) is 0.757. The molecular weight excluding hydrogens is 314 g/mol. The van der Waals surface area contributed by atoms with Crippen molar-refractivity contribution in [3.63, 3.8) is 0 Å². The molecule has 2 amide bonds. The molecular formula is C20H34N3O2+. The van der Waals surface area contributed by atoms with Gasteiger partial charge in [-0.3, -0.25) is 9.59 Å². The van der Waals surface area contributed by atoms with Crippen molar-refractivity contribution in [2.45, 2.75) is 46.1 Å². The van der Waals surface area contributed by atoms with Crippen LogP contribution in [-0.2, 0) is 9.59 Å². The summed E-state index contributed by atoms with van der Waals surface area (Å²) in [5, 5.41) is 4.73. The summed E-state index contributed by atoms with van der Waals surface area (Å²) < 4.78 is 0. The molecule has 0 fully saturated rings. The maximum atomic E-state index is 12.0. The van der Waals surface area contributed by atoms with Crippen molar-refractivity contribution in [1.82, 2.24) is 10.2 Å². The summed E-state index contributed by atoms with van der Waals surface area (Å²) in [5.41, 5.74) is 2.59. The minimum absolute atomic E-state index is 0.0512. The number of hydrogen-bond donors (Lipinski definition) is 2. The first-order valence-corrected chi connectivity index (χ1v) is 9.16. The number of nitrogens with two attached hydrogens (primary N) is 1. The van der Waals surface area contributed by atoms with Gasteiger partial charge in [0.2, 0.25) is 5.91 Å². The summed E-state index contributed by atoms with van der Waals surface area (Å²) in [7, 11) is 3.36. The van der Waals surface area contributed by atoms with Gasteiger partial charge in [0, 0.05) is 25.6 Å². The van der Waals surface area contributed by atoms with E-state index in [2.05, 4.69) is 62.6 Å². The van der Waals surface area contributed by atoms with Gasteiger partial charge in [-0.1, -0.05) is 52.0 Å². The monoisotopic (exact) mass is 348 g/mol. The molecule has 0 aliphatic rings. The van der Waals surface area contributed by atoms with Crippen LogP contribution in [-0.4, -0.2) is 43.9 Å². The lowest BCUT2D eigenvalue weighted by Crippen LogP contribution is -2.88. The molecule has 25 heavy (non-hydrogen) atoms. The van der Waals surface area contributed by atoms with E-state index in [-0.39, 0.29) is 24.4 Å². The molecule has 3 N–H and O–H groups in total. The van der Waals surface area contributed by atoms with Crippen LogP contribution in [0.1, 0.15) is 57.2 Å². The molecule has 0 bridgehead atoms. The van der Waals surface area contributed by atoms with Gasteiger partial charge >= 0.3 is 0 Å². The Morgan fingerprint density at radius 3 is 2.12 bits per heavy atom. The number of nitrogens with zero attached hydrogens (tertiary/aromatic N) is 1. The van der Waals surface area contributed by atoms with Crippen LogP contribution in [0.2, 0.25) is 0 Å². The third kappa shape index (κ3) is 6.86. The third-order valence-corrected chi connectivity index (χ3v) is 4.71. The fourth-order valence-electron chi connectivity index (χ4n) is 2.71. The first-order chi connectivity index (χ1) is 11.8. The number of benzene rings is 1. The molecule has 0 spiro atoms. The Bertz CT molecular complexity index is 553. The van der Waals surface area contributed by atoms with Crippen molar-refractivity contribution in [3.8, 4) is 0 Å². The van der Waals surface area contributed by atoms with Crippen molar-refractivity contribution in [2.24, 2.45) is 5.92 Å². The molecule has 0 radical (unpaired) electrons. The van der Waals surface area contributed by atoms with Crippen LogP contribution in [0, 0.1) is 5.92 Å². The molecule has 0 saturated carbocycles. The molecule has 1 rings (SSSR count). The Hall–Kier alpha value is -1.88. The van der Waals surface area contributed by atoms with Gasteiger partial charge < -0.3 is 15.5 Å². The Morgan fingerprint density at radius 2 is 1.64 bits per heavy atom. The average molecular weight is 349 g/mol. The largest absolute Gasteiger partial charge is 0.347 e. The maximum absolute atomic E-state index is 12.0. The maximum Gasteiger partial charge on any atom is 0.275 e. The van der Waals surface area contributed by atoms with E-state index in [1.807, 2.05) is 0 Å². The highest BCUT2D eigenvalue weighted by Gasteiger charge is 2.21. The van der Waals surface area contributed by atoms with Crippen molar-refractivity contribution >= 4 is 11.8 Å². The van der Waals surface area contributed by atoms with Gasteiger partial charge in [0.1, 0.15) is 6.04 Å². The van der Waals surface area contributed by atoms with Crippen LogP contribution < -0.4 is 10.6 Å². The van der Waals surface area contributed by atoms with Crippen LogP contribution in [0.15, 0.2) is 24.3 Å². The first kappa shape index (κ1) is 21.2. The lowest BCUT2D eigenvalue weighted by Gasteiger charge is -2.20. The standard InChI is InChI=1S/C20H33N3O2/c1-7-15(4)16-8-10-17(11-9-16)20(14(2)3)22-12-18(24)21-13-19(25)23(5)6/h8-11,14-15,20,22H,7,12-13H2,1-6H3,(H,21,24)/p+1/t15-,20-/m0/s1. The molecule has 0 aliphatic heterocycles. The molecule has 1 aromatic carbocycles. The van der Waals surface area contributed by atoms with Gasteiger partial charge in [-0.25, -0.2) is 0 Å². The van der Waals surface area contributed by atoms with E-state index < -0.39 is 0 Å². The lowest BCUT2D eigenvalue weighted by atomic mass is 9.92. The lowest BCUT2D eigenvalue weighted by molar-refractivity contribution is -0.692. The van der Waals surface area contributed by atoms with E-state index >= 15 is 0 Å². The van der Waals surface area contributed by atoms with E-state index in [0.717, 1.165) is 6.42 Å². The highest BCUT2D eigenvalue weighted by atomic mass is 16.2. The molecule has 0 heterocycles. The van der Waals surface area contributed by atoms with Crippen LogP contribution >= 0.6 is 0 Å². The number of likely N-dealkylation sites (N-methyl/N-ethyl adjacent to an activating group) is 1. The third-order valence-electron chi connectivity index (χ3n) is 4.71. The number of nitrogens with one attached hydrogen (secondary N) is 1. The summed E-state index contributed by atoms with van der Waals surface area (Å²) >= 11 is 0. The van der Waals surface area contributed by atoms with Gasteiger partial charge in [-0.05, 0) is 17.9 Å². The Balaban J connectivity index is 2.62. The molecule has 0 unspecified atom stereocenters. The van der Waals surface area contributed by atoms with Crippen molar-refractivity contribution < 1.29 is 14.9 Å². The first-order valence-electron chi connectivity index (χ1n) is 9.16. The molecule has 5 heteroatoms. The second-order valence-electron chi connectivity index (χ2n) is 7.25. The van der Waals surface area contributed by atoms with Gasteiger partial charge in [0.25, 0.3) is 5.91 Å². The number of rotatable bonds is 9. The predicted molar refractivity (Wildman–Crippen MR) is 101 cm³/mol. The summed E-state index contributed by atoms with van der Waals surface area (Å²) in [4.78, 5) is 25.0. The zero-order valence-corrected chi connectivity index (χ0v) is 16.5. The number of quaternary nitrogens is 1. The van der Waals surface area contributed by atoms with E-state index in [1.165, 1.54) is 16.0 Å². The summed E-state index contributed by atoms with van der Waals surface area (Å²) in [6.07, 6.45) is 1.13. The highest BCUT2D eigenvalue weighted by molar-refractivity contribution is 5.84. The SMILES string of the molecule is CC[C@H](C)c1ccc([C@@H]([NH2+]CC(=O)NCC(=O)N(C)C)C(C)C)cc1. The van der Waals surface area contributed by atoms with Gasteiger partial charge in [0.15, 0.2) is 6.54 Å². The molecule has 0 aliphatic carbocycles. The molecule has 140 valence electrons. The summed E-state index contributed by atoms with van der Waals surface area (Å²) in [6, 6.07) is 8.97. The van der Waals surface area contributed by atoms with E-state index in [9.17, 15) is 9.59 Å². The highest BCUT2D eigenvalue weighted by Crippen LogP contribution is 2.22. The molecule has 1 aromatic rings. The predicted octanol–water partition coefficient (Wildman–Crippen LogP) is 1.67. The Labute approximate surface area is 152 Å². The molecule has 0 saturated heterocycles. The zero-order chi connectivity index (χ0) is 19.0. The Morgan fingerprint density at radius 1 is 1.08 bits per heavy atom. The minimum atomic E-state index is -0.114. The molecule has 2 atom stereocenters. The zero-order valence-electron chi connectivity index (χ0n) is 16.5. The number of carbonyl (C=O) groups is 2.